The molecule has 17 heavy (non-hydrogen) atoms. The lowest BCUT2D eigenvalue weighted by atomic mass is 9.77. The molecule has 2 nitrogen and oxygen atoms in total. The molecular formula is C13H16ClO2Si. The van der Waals surface area contributed by atoms with Gasteiger partial charge in [0, 0.05) is 0 Å². The smallest absolute Gasteiger partial charge is 0.341 e. The van der Waals surface area contributed by atoms with Crippen molar-refractivity contribution in [1.29, 1.82) is 0 Å². The molecular weight excluding hydrogens is 252 g/mol. The Labute approximate surface area is 111 Å². The molecule has 0 amide bonds. The van der Waals surface area contributed by atoms with Gasteiger partial charge >= 0.3 is 10.5 Å². The second-order valence-corrected chi connectivity index (χ2v) is 5.77. The zero-order valence-electron chi connectivity index (χ0n) is 10.5. The molecule has 0 N–H and O–H groups in total. The molecule has 1 rings (SSSR count). The van der Waals surface area contributed by atoms with E-state index in [2.05, 4.69) is 38.2 Å². The molecule has 0 aliphatic heterocycles. The third-order valence-electron chi connectivity index (χ3n) is 3.13. The summed E-state index contributed by atoms with van der Waals surface area (Å²) in [6, 6.07) is 5.46. The molecule has 0 spiro atoms. The lowest BCUT2D eigenvalue weighted by Crippen LogP contribution is -2.15. The maximum absolute atomic E-state index is 11.2. The predicted molar refractivity (Wildman–Crippen MR) is 70.9 cm³/mol. The molecule has 1 atom stereocenters. The molecule has 0 aliphatic rings. The third-order valence-corrected chi connectivity index (χ3v) is 3.55. The molecule has 0 fully saturated rings. The van der Waals surface area contributed by atoms with Gasteiger partial charge in [0.15, 0.2) is 0 Å². The number of hydrogen-bond acceptors (Lipinski definition) is 2. The van der Waals surface area contributed by atoms with Crippen LogP contribution in [0, 0.1) is 5.41 Å². The SMILES string of the molecule is CC(c1ccc(C(=O)Cl)c(O[Si])c1)C(C)(C)C. The number of hydrogen-bond donors (Lipinski definition) is 0. The highest BCUT2D eigenvalue weighted by atomic mass is 35.5. The molecule has 0 heterocycles. The molecule has 91 valence electrons. The molecule has 0 saturated carbocycles. The summed E-state index contributed by atoms with van der Waals surface area (Å²) in [5.74, 6) is 0.804. The molecule has 3 radical (unpaired) electrons. The van der Waals surface area contributed by atoms with Gasteiger partial charge in [-0.25, -0.2) is 0 Å². The van der Waals surface area contributed by atoms with Gasteiger partial charge in [-0.15, -0.1) is 0 Å². The number of halogens is 1. The fourth-order valence-corrected chi connectivity index (χ4v) is 1.88. The Morgan fingerprint density at radius 3 is 2.41 bits per heavy atom. The zero-order valence-corrected chi connectivity index (χ0v) is 12.3. The standard InChI is InChI=1S/C13H16ClO2Si/c1-8(13(2,3)4)9-5-6-10(12(14)15)11(7-9)16-17/h5-8H,1-4H3. The third kappa shape index (κ3) is 3.33. The van der Waals surface area contributed by atoms with Gasteiger partial charge in [0.1, 0.15) is 5.75 Å². The highest BCUT2D eigenvalue weighted by Gasteiger charge is 2.23. The summed E-state index contributed by atoms with van der Waals surface area (Å²) in [5.41, 5.74) is 1.63. The van der Waals surface area contributed by atoms with Gasteiger partial charge in [0.2, 0.25) is 0 Å². The first-order chi connectivity index (χ1) is 7.77. The van der Waals surface area contributed by atoms with E-state index < -0.39 is 5.24 Å². The molecule has 0 aliphatic carbocycles. The Morgan fingerprint density at radius 1 is 1.41 bits per heavy atom. The van der Waals surface area contributed by atoms with E-state index in [0.717, 1.165) is 5.56 Å². The number of rotatable bonds is 3. The van der Waals surface area contributed by atoms with Crippen LogP contribution in [0.1, 0.15) is 49.5 Å². The average molecular weight is 268 g/mol. The van der Waals surface area contributed by atoms with Crippen LogP contribution in [0.4, 0.5) is 0 Å². The van der Waals surface area contributed by atoms with Crippen molar-refractivity contribution in [2.75, 3.05) is 0 Å². The monoisotopic (exact) mass is 267 g/mol. The topological polar surface area (TPSA) is 26.3 Å². The Kier molecular flexibility index (Phi) is 4.39. The van der Waals surface area contributed by atoms with Gasteiger partial charge < -0.3 is 4.43 Å². The van der Waals surface area contributed by atoms with Crippen molar-refractivity contribution in [2.24, 2.45) is 5.41 Å². The lowest BCUT2D eigenvalue weighted by Gasteiger charge is -2.28. The molecule has 1 aromatic rings. The first kappa shape index (κ1) is 14.3. The van der Waals surface area contributed by atoms with Crippen LogP contribution in [0.2, 0.25) is 0 Å². The lowest BCUT2D eigenvalue weighted by molar-refractivity contribution is 0.108. The van der Waals surface area contributed by atoms with Crippen LogP contribution in [0.15, 0.2) is 18.2 Å². The summed E-state index contributed by atoms with van der Waals surface area (Å²) < 4.78 is 5.01. The van der Waals surface area contributed by atoms with Crippen molar-refractivity contribution < 1.29 is 9.22 Å². The zero-order chi connectivity index (χ0) is 13.2. The van der Waals surface area contributed by atoms with Crippen LogP contribution in [-0.2, 0) is 0 Å². The summed E-state index contributed by atoms with van der Waals surface area (Å²) in [5, 5.41) is -0.520. The van der Waals surface area contributed by atoms with Crippen LogP contribution in [0.25, 0.3) is 0 Å². The Bertz CT molecular complexity index is 424. The maximum atomic E-state index is 11.2. The van der Waals surface area contributed by atoms with Crippen molar-refractivity contribution in [3.63, 3.8) is 0 Å². The molecule has 0 bridgehead atoms. The molecule has 4 heteroatoms. The van der Waals surface area contributed by atoms with Crippen LogP contribution < -0.4 is 4.43 Å². The van der Waals surface area contributed by atoms with Crippen LogP contribution in [0.5, 0.6) is 5.75 Å². The minimum Gasteiger partial charge on any atom is -0.540 e. The van der Waals surface area contributed by atoms with Crippen molar-refractivity contribution in [3.8, 4) is 5.75 Å². The molecule has 0 saturated heterocycles. The van der Waals surface area contributed by atoms with Crippen molar-refractivity contribution in [1.82, 2.24) is 0 Å². The Hall–Kier alpha value is -0.803. The van der Waals surface area contributed by atoms with E-state index in [-0.39, 0.29) is 5.41 Å². The van der Waals surface area contributed by atoms with E-state index in [0.29, 0.717) is 17.2 Å². The second-order valence-electron chi connectivity index (χ2n) is 5.22. The normalized spacial score (nSPS) is 13.3. The second kappa shape index (κ2) is 5.23. The first-order valence-corrected chi connectivity index (χ1v) is 6.23. The van der Waals surface area contributed by atoms with Gasteiger partial charge in [0.25, 0.3) is 5.24 Å². The molecule has 1 aromatic carbocycles. The summed E-state index contributed by atoms with van der Waals surface area (Å²) >= 11 is 5.47. The van der Waals surface area contributed by atoms with Crippen LogP contribution in [-0.4, -0.2) is 15.7 Å². The summed E-state index contributed by atoms with van der Waals surface area (Å²) in [7, 11) is 2.95. The molecule has 0 aromatic heterocycles. The van der Waals surface area contributed by atoms with Gasteiger partial charge in [-0.05, 0) is 40.6 Å². The van der Waals surface area contributed by atoms with E-state index in [1.807, 2.05) is 12.1 Å². The van der Waals surface area contributed by atoms with Gasteiger partial charge in [0.05, 0.1) is 5.56 Å². The van der Waals surface area contributed by atoms with Crippen LogP contribution >= 0.6 is 11.6 Å². The quantitative estimate of drug-likeness (QED) is 0.617. The van der Waals surface area contributed by atoms with Gasteiger partial charge in [-0.1, -0.05) is 33.8 Å². The Balaban J connectivity index is 3.18. The van der Waals surface area contributed by atoms with E-state index >= 15 is 0 Å². The van der Waals surface area contributed by atoms with E-state index in [9.17, 15) is 4.79 Å². The molecule has 1 unspecified atom stereocenters. The van der Waals surface area contributed by atoms with Crippen LogP contribution in [0.3, 0.4) is 0 Å². The summed E-state index contributed by atoms with van der Waals surface area (Å²) in [6.07, 6.45) is 0. The largest absolute Gasteiger partial charge is 0.540 e. The van der Waals surface area contributed by atoms with Crippen molar-refractivity contribution in [3.05, 3.63) is 29.3 Å². The summed E-state index contributed by atoms with van der Waals surface area (Å²) in [4.78, 5) is 11.2. The van der Waals surface area contributed by atoms with E-state index in [4.69, 9.17) is 16.0 Å². The number of benzene rings is 1. The fourth-order valence-electron chi connectivity index (χ4n) is 1.56. The van der Waals surface area contributed by atoms with Gasteiger partial charge in [-0.2, -0.15) is 0 Å². The number of carbonyl (C=O) groups excluding carboxylic acids is 1. The van der Waals surface area contributed by atoms with Gasteiger partial charge in [-0.3, -0.25) is 4.79 Å². The maximum Gasteiger partial charge on any atom is 0.341 e. The first-order valence-electron chi connectivity index (χ1n) is 5.44. The minimum atomic E-state index is -0.520. The number of carbonyl (C=O) groups is 1. The predicted octanol–water partition coefficient (Wildman–Crippen LogP) is 3.68. The highest BCUT2D eigenvalue weighted by Crippen LogP contribution is 2.36. The Morgan fingerprint density at radius 2 is 2.00 bits per heavy atom. The minimum absolute atomic E-state index is 0.148. The van der Waals surface area contributed by atoms with Crippen molar-refractivity contribution >= 4 is 27.3 Å². The van der Waals surface area contributed by atoms with E-state index in [1.54, 1.807) is 6.07 Å². The summed E-state index contributed by atoms with van der Waals surface area (Å²) in [6.45, 7) is 8.67. The fraction of sp³-hybridized carbons (Fsp3) is 0.462. The van der Waals surface area contributed by atoms with Crippen molar-refractivity contribution in [2.45, 2.75) is 33.6 Å². The average Bonchev–Trinajstić information content (AvgIpc) is 2.25. The van der Waals surface area contributed by atoms with E-state index in [1.165, 1.54) is 0 Å². The highest BCUT2D eigenvalue weighted by molar-refractivity contribution is 6.68.